The first-order chi connectivity index (χ1) is 39.9. The molecular formula is C63H62N2O17Si. The molecule has 4 aliphatic heterocycles. The second-order valence-corrected chi connectivity index (χ2v) is 26.5. The summed E-state index contributed by atoms with van der Waals surface area (Å²) < 4.78 is 59.5. The van der Waals surface area contributed by atoms with Gasteiger partial charge in [-0.15, -0.1) is 0 Å². The molecule has 6 aromatic carbocycles. The molecule has 4 aliphatic rings. The number of amides is 3. The van der Waals surface area contributed by atoms with Gasteiger partial charge in [0.2, 0.25) is 0 Å². The van der Waals surface area contributed by atoms with Crippen LogP contribution in [0.25, 0.3) is 0 Å². The lowest BCUT2D eigenvalue weighted by Gasteiger charge is -2.53. The third-order valence-corrected chi connectivity index (χ3v) is 19.9. The molecule has 0 radical (unpaired) electrons. The number of nitrogens with zero attached hydrogens (tertiary/aromatic N) is 2. The first kappa shape index (κ1) is 58.0. The van der Waals surface area contributed by atoms with Crippen molar-refractivity contribution in [2.24, 2.45) is 0 Å². The number of hydroxylamine groups is 2. The van der Waals surface area contributed by atoms with Crippen molar-refractivity contribution < 1.29 is 80.7 Å². The Morgan fingerprint density at radius 2 is 0.916 bits per heavy atom. The molecule has 20 heteroatoms. The summed E-state index contributed by atoms with van der Waals surface area (Å²) >= 11 is 0. The van der Waals surface area contributed by atoms with Gasteiger partial charge in [0.05, 0.1) is 33.4 Å². The van der Waals surface area contributed by atoms with Crippen LogP contribution in [-0.2, 0) is 53.8 Å². The van der Waals surface area contributed by atoms with E-state index in [1.165, 1.54) is 43.5 Å². The molecule has 19 nitrogen and oxygen atoms in total. The van der Waals surface area contributed by atoms with Crippen LogP contribution in [0.4, 0.5) is 0 Å². The molecule has 0 bridgehead atoms. The molecule has 0 saturated carbocycles. The van der Waals surface area contributed by atoms with Crippen LogP contribution < -0.4 is 0 Å². The van der Waals surface area contributed by atoms with E-state index < -0.39 is 129 Å². The number of hydrogen-bond donors (Lipinski definition) is 0. The molecular weight excluding hydrogens is 1080 g/mol. The van der Waals surface area contributed by atoms with Crippen molar-refractivity contribution in [2.75, 3.05) is 20.3 Å². The number of rotatable bonds is 17. The van der Waals surface area contributed by atoms with Crippen molar-refractivity contribution in [2.45, 2.75) is 107 Å². The van der Waals surface area contributed by atoms with Crippen LogP contribution >= 0.6 is 0 Å². The molecule has 2 fully saturated rings. The summed E-state index contributed by atoms with van der Waals surface area (Å²) in [4.78, 5) is 109. The highest BCUT2D eigenvalue weighted by Gasteiger charge is 2.62. The van der Waals surface area contributed by atoms with Crippen LogP contribution in [0, 0.1) is 0 Å². The van der Waals surface area contributed by atoms with Gasteiger partial charge in [0, 0.05) is 12.7 Å². The number of ether oxygens (including phenoxy) is 8. The van der Waals surface area contributed by atoms with Gasteiger partial charge >= 0.3 is 23.9 Å². The molecule has 83 heavy (non-hydrogen) atoms. The predicted molar refractivity (Wildman–Crippen MR) is 298 cm³/mol. The highest BCUT2D eigenvalue weighted by Crippen LogP contribution is 2.44. The maximum Gasteiger partial charge on any atom is 0.338 e. The van der Waals surface area contributed by atoms with Crippen LogP contribution in [0.2, 0.25) is 18.1 Å². The Kier molecular flexibility index (Phi) is 17.3. The van der Waals surface area contributed by atoms with Gasteiger partial charge in [-0.2, -0.15) is 0 Å². The summed E-state index contributed by atoms with van der Waals surface area (Å²) in [6, 6.07) is 41.9. The number of imide groups is 1. The lowest BCUT2D eigenvalue weighted by molar-refractivity contribution is -0.355. The molecule has 10 atom stereocenters. The third kappa shape index (κ3) is 12.2. The van der Waals surface area contributed by atoms with Crippen molar-refractivity contribution in [3.63, 3.8) is 0 Å². The van der Waals surface area contributed by atoms with E-state index in [4.69, 9.17) is 47.2 Å². The first-order valence-electron chi connectivity index (χ1n) is 27.1. The van der Waals surface area contributed by atoms with Gasteiger partial charge in [0.25, 0.3) is 17.7 Å². The van der Waals surface area contributed by atoms with Gasteiger partial charge in [-0.05, 0) is 90.4 Å². The highest BCUT2D eigenvalue weighted by molar-refractivity contribution is 6.74. The summed E-state index contributed by atoms with van der Waals surface area (Å²) in [6.07, 6.45) is -13.1. The van der Waals surface area contributed by atoms with Crippen LogP contribution in [0.15, 0.2) is 170 Å². The van der Waals surface area contributed by atoms with Crippen LogP contribution in [0.5, 0.6) is 0 Å². The molecule has 4 heterocycles. The molecule has 3 amide bonds. The Labute approximate surface area is 480 Å². The zero-order valence-corrected chi connectivity index (χ0v) is 47.4. The number of carbonyl (C=O) groups excluding carboxylic acids is 7. The van der Waals surface area contributed by atoms with E-state index in [2.05, 4.69) is 0 Å². The quantitative estimate of drug-likeness (QED) is 0.0361. The molecule has 0 aliphatic carbocycles. The Balaban J connectivity index is 1.16. The molecule has 10 rings (SSSR count). The molecule has 2 saturated heterocycles. The highest BCUT2D eigenvalue weighted by atomic mass is 28.4. The Hall–Kier alpha value is -8.21. The summed E-state index contributed by atoms with van der Waals surface area (Å²) in [6.45, 7) is 8.53. The fraction of sp³-hybridized carbons (Fsp3) is 0.317. The minimum absolute atomic E-state index is 0.0392. The number of hydrogen-bond acceptors (Lipinski definition) is 17. The van der Waals surface area contributed by atoms with E-state index in [1.54, 1.807) is 133 Å². The average molecular weight is 1150 g/mol. The number of fused-ring (bicyclic) bond motifs is 2. The van der Waals surface area contributed by atoms with Gasteiger partial charge in [0.1, 0.15) is 50.3 Å². The van der Waals surface area contributed by atoms with E-state index in [0.717, 1.165) is 9.96 Å². The minimum atomic E-state index is -3.05. The largest absolute Gasteiger partial charge is 0.459 e. The fourth-order valence-electron chi connectivity index (χ4n) is 10.2. The first-order valence-corrected chi connectivity index (χ1v) is 30.0. The van der Waals surface area contributed by atoms with Gasteiger partial charge in [-0.1, -0.05) is 124 Å². The molecule has 6 aromatic rings. The lowest BCUT2D eigenvalue weighted by atomic mass is 9.92. The van der Waals surface area contributed by atoms with E-state index in [-0.39, 0.29) is 45.6 Å². The van der Waals surface area contributed by atoms with E-state index in [1.807, 2.05) is 33.9 Å². The molecule has 0 N–H and O–H groups in total. The van der Waals surface area contributed by atoms with Gasteiger partial charge < -0.3 is 42.3 Å². The maximum absolute atomic E-state index is 15.3. The Bertz CT molecular complexity index is 3310. The number of esters is 4. The summed E-state index contributed by atoms with van der Waals surface area (Å²) in [5.74, 6) is -5.62. The van der Waals surface area contributed by atoms with Crippen molar-refractivity contribution >= 4 is 49.9 Å². The van der Waals surface area contributed by atoms with Crippen molar-refractivity contribution in [3.8, 4) is 0 Å². The second kappa shape index (κ2) is 24.7. The Morgan fingerprint density at radius 3 is 1.39 bits per heavy atom. The summed E-state index contributed by atoms with van der Waals surface area (Å²) in [7, 11) is -1.79. The lowest BCUT2D eigenvalue weighted by Crippen LogP contribution is -2.72. The molecule has 430 valence electrons. The van der Waals surface area contributed by atoms with Gasteiger partial charge in [-0.3, -0.25) is 24.1 Å². The predicted octanol–water partition coefficient (Wildman–Crippen LogP) is 8.64. The van der Waals surface area contributed by atoms with Crippen LogP contribution in [-0.4, -0.2) is 141 Å². The Morgan fingerprint density at radius 1 is 0.506 bits per heavy atom. The summed E-state index contributed by atoms with van der Waals surface area (Å²) in [5.41, 5.74) is 1.38. The number of carbonyl (C=O) groups is 7. The number of methoxy groups -OCH3 is 1. The standard InChI is InChI=1S/C63H62N2O17Si/c1-63(2,3)83(5,6)82-51-47(37-75-58(70)39-25-13-8-14-26-39)78-62(49(53(51)80-60(72)41-29-17-10-18-30-41)65-56(68)43-32-20-19-31-42(43)35-76-65)81-50-46(36-74-57(69)38-23-11-7-12-24-38)77-61(73-4)48(52(50)79-59(71)40-27-15-9-16-28-40)64-54(66)44-33-21-22-34-45(44)55(64)67/h7-34,46-53,61-62H,35-37H2,1-6H3. The zero-order chi connectivity index (χ0) is 58.6. The SMILES string of the molecule is COC1OC(COC(=O)c2ccccc2)C(OC2OC(COC(=O)c3ccccc3)C(O[Si](C)(C)C(C)(C)C)C(OC(=O)c3ccccc3)C2N2OCc3ccccc3C2=O)C(OC(=O)c2ccccc2)C1N1C(=O)c2ccccc2C1=O. The van der Waals surface area contributed by atoms with Crippen LogP contribution in [0.1, 0.15) is 98.8 Å². The van der Waals surface area contributed by atoms with E-state index >= 15 is 4.79 Å². The third-order valence-electron chi connectivity index (χ3n) is 15.5. The smallest absolute Gasteiger partial charge is 0.338 e. The zero-order valence-electron chi connectivity index (χ0n) is 46.4. The summed E-state index contributed by atoms with van der Waals surface area (Å²) in [5, 5.41) is 0.477. The van der Waals surface area contributed by atoms with Gasteiger partial charge in [-0.25, -0.2) is 24.2 Å². The van der Waals surface area contributed by atoms with E-state index in [9.17, 15) is 28.8 Å². The number of benzene rings is 6. The minimum Gasteiger partial charge on any atom is -0.459 e. The van der Waals surface area contributed by atoms with Crippen molar-refractivity contribution in [1.82, 2.24) is 9.96 Å². The van der Waals surface area contributed by atoms with Crippen molar-refractivity contribution in [1.29, 1.82) is 0 Å². The molecule has 10 unspecified atom stereocenters. The average Bonchev–Trinajstić information content (AvgIpc) is 2.92. The monoisotopic (exact) mass is 1150 g/mol. The second-order valence-electron chi connectivity index (χ2n) is 21.7. The molecule has 0 spiro atoms. The maximum atomic E-state index is 15.3. The van der Waals surface area contributed by atoms with Crippen LogP contribution in [0.3, 0.4) is 0 Å². The normalized spacial score (nSPS) is 24.3. The molecule has 0 aromatic heterocycles. The topological polar surface area (TPSA) is 218 Å². The van der Waals surface area contributed by atoms with Gasteiger partial charge in [0.15, 0.2) is 39.1 Å². The van der Waals surface area contributed by atoms with E-state index in [0.29, 0.717) is 5.56 Å². The van der Waals surface area contributed by atoms with Crippen molar-refractivity contribution in [3.05, 3.63) is 214 Å². The fourth-order valence-corrected chi connectivity index (χ4v) is 11.5.